The molecule has 4 nitrogen and oxygen atoms in total. The van der Waals surface area contributed by atoms with Crippen LogP contribution in [-0.2, 0) is 4.74 Å². The number of hydrogen-bond donors (Lipinski definition) is 1. The van der Waals surface area contributed by atoms with E-state index < -0.39 is 5.60 Å². The standard InChI is InChI=1S/C15H20BrNO3/c1-11(18)13-4-3-12(9-14(13)16)17(2)10-15(19)5-7-20-8-6-15/h3-4,9,19H,5-8,10H2,1-2H3. The van der Waals surface area contributed by atoms with Crippen LogP contribution in [0, 0.1) is 0 Å². The molecule has 1 aromatic carbocycles. The molecule has 0 bridgehead atoms. The number of Topliss-reactive ketones (excluding diaryl/α,β-unsaturated/α-hetero) is 1. The predicted octanol–water partition coefficient (Wildman–Crippen LogP) is 2.63. The summed E-state index contributed by atoms with van der Waals surface area (Å²) in [4.78, 5) is 13.4. The van der Waals surface area contributed by atoms with E-state index in [-0.39, 0.29) is 5.78 Å². The molecule has 1 fully saturated rings. The maximum atomic E-state index is 11.4. The van der Waals surface area contributed by atoms with Crippen LogP contribution in [0.1, 0.15) is 30.1 Å². The van der Waals surface area contributed by atoms with Gasteiger partial charge in [0, 0.05) is 55.4 Å². The SMILES string of the molecule is CC(=O)c1ccc(N(C)CC2(O)CCOCC2)cc1Br. The maximum Gasteiger partial charge on any atom is 0.160 e. The van der Waals surface area contributed by atoms with Crippen LogP contribution in [0.25, 0.3) is 0 Å². The van der Waals surface area contributed by atoms with E-state index in [4.69, 9.17) is 4.74 Å². The van der Waals surface area contributed by atoms with E-state index in [2.05, 4.69) is 15.9 Å². The molecule has 1 N–H and O–H groups in total. The van der Waals surface area contributed by atoms with Gasteiger partial charge in [-0.15, -0.1) is 0 Å². The Labute approximate surface area is 127 Å². The summed E-state index contributed by atoms with van der Waals surface area (Å²) in [6.07, 6.45) is 1.31. The van der Waals surface area contributed by atoms with E-state index in [0.29, 0.717) is 38.2 Å². The summed E-state index contributed by atoms with van der Waals surface area (Å²) >= 11 is 3.42. The van der Waals surface area contributed by atoms with Crippen LogP contribution in [0.3, 0.4) is 0 Å². The first-order chi connectivity index (χ1) is 9.41. The summed E-state index contributed by atoms with van der Waals surface area (Å²) in [5, 5.41) is 10.5. The molecule has 0 radical (unpaired) electrons. The summed E-state index contributed by atoms with van der Waals surface area (Å²) in [7, 11) is 1.95. The Morgan fingerprint density at radius 3 is 2.65 bits per heavy atom. The Bertz CT molecular complexity index is 498. The zero-order valence-corrected chi connectivity index (χ0v) is 13.4. The van der Waals surface area contributed by atoms with E-state index in [0.717, 1.165) is 10.2 Å². The monoisotopic (exact) mass is 341 g/mol. The number of halogens is 1. The Morgan fingerprint density at radius 1 is 1.45 bits per heavy atom. The third-order valence-electron chi connectivity index (χ3n) is 3.73. The highest BCUT2D eigenvalue weighted by Crippen LogP contribution is 2.27. The molecule has 1 heterocycles. The Morgan fingerprint density at radius 2 is 2.10 bits per heavy atom. The third kappa shape index (κ3) is 3.59. The fourth-order valence-corrected chi connectivity index (χ4v) is 3.12. The van der Waals surface area contributed by atoms with Crippen molar-refractivity contribution >= 4 is 27.4 Å². The molecule has 110 valence electrons. The van der Waals surface area contributed by atoms with Gasteiger partial charge in [-0.3, -0.25) is 4.79 Å². The van der Waals surface area contributed by atoms with E-state index in [1.54, 1.807) is 6.92 Å². The average molecular weight is 342 g/mol. The van der Waals surface area contributed by atoms with Gasteiger partial charge in [0.2, 0.25) is 0 Å². The lowest BCUT2D eigenvalue weighted by Gasteiger charge is -2.36. The van der Waals surface area contributed by atoms with Crippen molar-refractivity contribution in [3.8, 4) is 0 Å². The maximum absolute atomic E-state index is 11.4. The number of ether oxygens (including phenoxy) is 1. The molecule has 0 amide bonds. The molecule has 0 unspecified atom stereocenters. The Kier molecular flexibility index (Phi) is 4.83. The summed E-state index contributed by atoms with van der Waals surface area (Å²) < 4.78 is 6.08. The second-order valence-electron chi connectivity index (χ2n) is 5.41. The van der Waals surface area contributed by atoms with Gasteiger partial charge in [0.1, 0.15) is 0 Å². The van der Waals surface area contributed by atoms with E-state index in [1.807, 2.05) is 30.1 Å². The molecule has 0 atom stereocenters. The molecule has 5 heteroatoms. The lowest BCUT2D eigenvalue weighted by molar-refractivity contribution is -0.0572. The molecule has 1 aliphatic heterocycles. The van der Waals surface area contributed by atoms with Crippen molar-refractivity contribution in [2.75, 3.05) is 31.7 Å². The summed E-state index contributed by atoms with van der Waals surface area (Å²) in [5.74, 6) is 0.0362. The number of hydrogen-bond acceptors (Lipinski definition) is 4. The van der Waals surface area contributed by atoms with Crippen LogP contribution in [0.4, 0.5) is 5.69 Å². The van der Waals surface area contributed by atoms with Crippen molar-refractivity contribution < 1.29 is 14.6 Å². The third-order valence-corrected chi connectivity index (χ3v) is 4.38. The van der Waals surface area contributed by atoms with Crippen LogP contribution in [0.2, 0.25) is 0 Å². The number of carbonyl (C=O) groups is 1. The second kappa shape index (κ2) is 6.24. The molecule has 2 rings (SSSR count). The van der Waals surface area contributed by atoms with Crippen LogP contribution >= 0.6 is 15.9 Å². The van der Waals surface area contributed by atoms with Crippen molar-refractivity contribution in [2.45, 2.75) is 25.4 Å². The molecule has 0 aromatic heterocycles. The number of carbonyl (C=O) groups excluding carboxylic acids is 1. The fraction of sp³-hybridized carbons (Fsp3) is 0.533. The van der Waals surface area contributed by atoms with Crippen LogP contribution in [0.5, 0.6) is 0 Å². The molecule has 1 saturated heterocycles. The number of anilines is 1. The topological polar surface area (TPSA) is 49.8 Å². The summed E-state index contributed by atoms with van der Waals surface area (Å²) in [6.45, 7) is 3.32. The van der Waals surface area contributed by atoms with Gasteiger partial charge < -0.3 is 14.7 Å². The normalized spacial score (nSPS) is 17.8. The minimum Gasteiger partial charge on any atom is -0.388 e. The van der Waals surface area contributed by atoms with Gasteiger partial charge >= 0.3 is 0 Å². The molecule has 1 aliphatic rings. The molecule has 20 heavy (non-hydrogen) atoms. The Balaban J connectivity index is 2.11. The highest BCUT2D eigenvalue weighted by Gasteiger charge is 2.31. The fourth-order valence-electron chi connectivity index (χ4n) is 2.47. The first kappa shape index (κ1) is 15.5. The summed E-state index contributed by atoms with van der Waals surface area (Å²) in [6, 6.07) is 5.63. The molecule has 1 aromatic rings. The number of aliphatic hydroxyl groups is 1. The van der Waals surface area contributed by atoms with Gasteiger partial charge in [-0.25, -0.2) is 0 Å². The molecular formula is C15H20BrNO3. The van der Waals surface area contributed by atoms with Crippen molar-refractivity contribution in [1.82, 2.24) is 0 Å². The quantitative estimate of drug-likeness (QED) is 0.855. The zero-order chi connectivity index (χ0) is 14.8. The van der Waals surface area contributed by atoms with Crippen molar-refractivity contribution in [1.29, 1.82) is 0 Å². The molecule has 0 aliphatic carbocycles. The predicted molar refractivity (Wildman–Crippen MR) is 82.4 cm³/mol. The van der Waals surface area contributed by atoms with E-state index in [9.17, 15) is 9.90 Å². The van der Waals surface area contributed by atoms with Gasteiger partial charge in [0.15, 0.2) is 5.78 Å². The first-order valence-corrected chi connectivity index (χ1v) is 7.52. The lowest BCUT2D eigenvalue weighted by atomic mass is 9.93. The van der Waals surface area contributed by atoms with Gasteiger partial charge in [0.05, 0.1) is 5.60 Å². The number of nitrogens with zero attached hydrogens (tertiary/aromatic N) is 1. The number of ketones is 1. The number of likely N-dealkylation sites (N-methyl/N-ethyl adjacent to an activating group) is 1. The van der Waals surface area contributed by atoms with Gasteiger partial charge in [-0.05, 0) is 41.1 Å². The molecule has 0 spiro atoms. The van der Waals surface area contributed by atoms with Crippen molar-refractivity contribution in [3.63, 3.8) is 0 Å². The second-order valence-corrected chi connectivity index (χ2v) is 6.27. The highest BCUT2D eigenvalue weighted by atomic mass is 79.9. The largest absolute Gasteiger partial charge is 0.388 e. The molecule has 0 saturated carbocycles. The first-order valence-electron chi connectivity index (χ1n) is 6.73. The minimum atomic E-state index is -0.696. The van der Waals surface area contributed by atoms with Gasteiger partial charge in [-0.1, -0.05) is 0 Å². The van der Waals surface area contributed by atoms with E-state index >= 15 is 0 Å². The molecular weight excluding hydrogens is 322 g/mol. The van der Waals surface area contributed by atoms with Crippen LogP contribution in [-0.4, -0.2) is 43.3 Å². The van der Waals surface area contributed by atoms with Crippen LogP contribution < -0.4 is 4.90 Å². The van der Waals surface area contributed by atoms with E-state index in [1.165, 1.54) is 0 Å². The number of rotatable bonds is 4. The zero-order valence-electron chi connectivity index (χ0n) is 11.9. The van der Waals surface area contributed by atoms with Gasteiger partial charge in [0.25, 0.3) is 0 Å². The average Bonchev–Trinajstić information content (AvgIpc) is 2.38. The smallest absolute Gasteiger partial charge is 0.160 e. The Hall–Kier alpha value is -0.910. The minimum absolute atomic E-state index is 0.0362. The van der Waals surface area contributed by atoms with Crippen molar-refractivity contribution in [2.24, 2.45) is 0 Å². The van der Waals surface area contributed by atoms with Crippen LogP contribution in [0.15, 0.2) is 22.7 Å². The summed E-state index contributed by atoms with van der Waals surface area (Å²) in [5.41, 5.74) is 0.951. The highest BCUT2D eigenvalue weighted by molar-refractivity contribution is 9.10. The van der Waals surface area contributed by atoms with Gasteiger partial charge in [-0.2, -0.15) is 0 Å². The number of benzene rings is 1. The lowest BCUT2D eigenvalue weighted by Crippen LogP contribution is -2.45. The van der Waals surface area contributed by atoms with Crippen molar-refractivity contribution in [3.05, 3.63) is 28.2 Å².